The van der Waals surface area contributed by atoms with Crippen molar-refractivity contribution in [3.05, 3.63) is 29.2 Å². The summed E-state index contributed by atoms with van der Waals surface area (Å²) >= 11 is 0. The summed E-state index contributed by atoms with van der Waals surface area (Å²) in [5.41, 5.74) is 0.210. The molecule has 5 nitrogen and oxygen atoms in total. The first-order valence-electron chi connectivity index (χ1n) is 3.24. The van der Waals surface area contributed by atoms with Crippen LogP contribution in [0.3, 0.4) is 0 Å². The van der Waals surface area contributed by atoms with Crippen molar-refractivity contribution < 1.29 is 9.59 Å². The Bertz CT molecular complexity index is 438. The van der Waals surface area contributed by atoms with Crippen LogP contribution in [-0.2, 0) is 9.59 Å². The second kappa shape index (κ2) is 3.40. The number of rotatable bonds is 0. The monoisotopic (exact) mass is 197 g/mol. The van der Waals surface area contributed by atoms with Gasteiger partial charge in [-0.1, -0.05) is 0 Å². The lowest BCUT2D eigenvalue weighted by atomic mass is 10.4. The van der Waals surface area contributed by atoms with Crippen LogP contribution in [0.2, 0.25) is 0 Å². The Hall–Kier alpha value is -1.62. The van der Waals surface area contributed by atoms with Gasteiger partial charge < -0.3 is 0 Å². The lowest BCUT2D eigenvalue weighted by Crippen LogP contribution is -2.36. The number of amides is 2. The second-order valence-electron chi connectivity index (χ2n) is 2.18. The molecule has 0 aliphatic carbocycles. The molecule has 2 amide bonds. The van der Waals surface area contributed by atoms with E-state index in [9.17, 15) is 9.59 Å². The van der Waals surface area contributed by atoms with E-state index in [4.69, 9.17) is 0 Å². The summed E-state index contributed by atoms with van der Waals surface area (Å²) in [5, 5.41) is 0.349. The number of hydrogen-bond acceptors (Lipinski definition) is 3. The number of carbonyl (C=O) groups excluding carboxylic acids is 2. The molecular formula is C7H4ClN3O2. The van der Waals surface area contributed by atoms with E-state index in [0.29, 0.717) is 5.36 Å². The number of pyridine rings is 1. The Balaban J connectivity index is 0.000000845. The maximum absolute atomic E-state index is 10.7. The van der Waals surface area contributed by atoms with Crippen molar-refractivity contribution in [1.82, 2.24) is 4.98 Å². The maximum atomic E-state index is 10.7. The van der Waals surface area contributed by atoms with Gasteiger partial charge >= 0.3 is 11.8 Å². The average Bonchev–Trinajstić information content (AvgIpc) is 2.07. The largest absolute Gasteiger partial charge is 0.339 e. The number of halogens is 1. The molecule has 0 aromatic carbocycles. The topological polar surface area (TPSA) is 71.8 Å². The van der Waals surface area contributed by atoms with Crippen molar-refractivity contribution in [2.24, 2.45) is 9.98 Å². The molecule has 0 atom stereocenters. The first-order chi connectivity index (χ1) is 5.77. The predicted octanol–water partition coefficient (Wildman–Crippen LogP) is -1.19. The van der Waals surface area contributed by atoms with Crippen molar-refractivity contribution in [3.63, 3.8) is 0 Å². The molecule has 1 aliphatic heterocycles. The van der Waals surface area contributed by atoms with Crippen molar-refractivity contribution in [2.75, 3.05) is 0 Å². The third-order valence-electron chi connectivity index (χ3n) is 1.38. The molecule has 66 valence electrons. The number of nitrogens with zero attached hydrogens (tertiary/aromatic N) is 3. The van der Waals surface area contributed by atoms with Crippen molar-refractivity contribution >= 4 is 24.2 Å². The van der Waals surface area contributed by atoms with Gasteiger partial charge in [-0.25, -0.2) is 9.98 Å². The van der Waals surface area contributed by atoms with Crippen LogP contribution in [0.4, 0.5) is 0 Å². The smallest absolute Gasteiger partial charge is 0.261 e. The summed E-state index contributed by atoms with van der Waals surface area (Å²) in [6.07, 6.45) is 1.49. The van der Waals surface area contributed by atoms with E-state index in [0.717, 1.165) is 0 Å². The SMILES string of the molecule is Cl.O=C1N=c2cccnc2=NC1=O. The summed E-state index contributed by atoms with van der Waals surface area (Å²) in [5.74, 6) is -1.70. The highest BCUT2D eigenvalue weighted by Crippen LogP contribution is 1.82. The molecule has 0 fully saturated rings. The Labute approximate surface area is 78.6 Å². The minimum absolute atomic E-state index is 0. The summed E-state index contributed by atoms with van der Waals surface area (Å²) < 4.78 is 0. The molecule has 13 heavy (non-hydrogen) atoms. The van der Waals surface area contributed by atoms with Gasteiger partial charge in [-0.15, -0.1) is 12.4 Å². The molecule has 0 spiro atoms. The Morgan fingerprint density at radius 1 is 1.08 bits per heavy atom. The summed E-state index contributed by atoms with van der Waals surface area (Å²) in [6, 6.07) is 3.21. The molecular weight excluding hydrogens is 194 g/mol. The van der Waals surface area contributed by atoms with E-state index < -0.39 is 11.8 Å². The molecule has 0 saturated carbocycles. The highest BCUT2D eigenvalue weighted by molar-refractivity contribution is 6.36. The zero-order valence-electron chi connectivity index (χ0n) is 6.30. The fourth-order valence-corrected chi connectivity index (χ4v) is 0.863. The maximum Gasteiger partial charge on any atom is 0.339 e. The molecule has 0 saturated heterocycles. The predicted molar refractivity (Wildman–Crippen MR) is 43.8 cm³/mol. The summed E-state index contributed by atoms with van der Waals surface area (Å²) in [4.78, 5) is 32.1. The molecule has 0 bridgehead atoms. The van der Waals surface area contributed by atoms with E-state index in [1.165, 1.54) is 6.20 Å². The molecule has 0 radical (unpaired) electrons. The van der Waals surface area contributed by atoms with Gasteiger partial charge in [-0.2, -0.15) is 4.99 Å². The minimum Gasteiger partial charge on any atom is -0.261 e. The lowest BCUT2D eigenvalue weighted by Gasteiger charge is -1.93. The van der Waals surface area contributed by atoms with Crippen LogP contribution in [0.5, 0.6) is 0 Å². The van der Waals surface area contributed by atoms with Gasteiger partial charge in [0.05, 0.1) is 0 Å². The van der Waals surface area contributed by atoms with Gasteiger partial charge in [-0.3, -0.25) is 9.59 Å². The number of fused-ring (bicyclic) bond motifs is 1. The fourth-order valence-electron chi connectivity index (χ4n) is 0.863. The van der Waals surface area contributed by atoms with Gasteiger partial charge in [-0.05, 0) is 12.1 Å². The minimum atomic E-state index is -0.860. The van der Waals surface area contributed by atoms with Gasteiger partial charge in [0, 0.05) is 6.20 Å². The van der Waals surface area contributed by atoms with E-state index in [-0.39, 0.29) is 17.9 Å². The van der Waals surface area contributed by atoms with Crippen molar-refractivity contribution in [3.8, 4) is 0 Å². The van der Waals surface area contributed by atoms with Crippen LogP contribution < -0.4 is 10.8 Å². The van der Waals surface area contributed by atoms with Crippen LogP contribution in [0.25, 0.3) is 0 Å². The number of hydrogen-bond donors (Lipinski definition) is 0. The molecule has 1 aromatic rings. The highest BCUT2D eigenvalue weighted by Gasteiger charge is 2.14. The van der Waals surface area contributed by atoms with Crippen LogP contribution in [0, 0.1) is 0 Å². The third kappa shape index (κ3) is 1.59. The van der Waals surface area contributed by atoms with E-state index >= 15 is 0 Å². The molecule has 2 rings (SSSR count). The molecule has 0 unspecified atom stereocenters. The van der Waals surface area contributed by atoms with Gasteiger partial charge in [0.15, 0.2) is 5.49 Å². The second-order valence-corrected chi connectivity index (χ2v) is 2.18. The fraction of sp³-hybridized carbons (Fsp3) is 0. The van der Waals surface area contributed by atoms with E-state index in [1.54, 1.807) is 12.1 Å². The Morgan fingerprint density at radius 2 is 1.77 bits per heavy atom. The van der Waals surface area contributed by atoms with E-state index in [1.807, 2.05) is 0 Å². The van der Waals surface area contributed by atoms with E-state index in [2.05, 4.69) is 15.0 Å². The van der Waals surface area contributed by atoms with Crippen LogP contribution in [0.15, 0.2) is 28.3 Å². The normalized spacial score (nSPS) is 13.5. The third-order valence-corrected chi connectivity index (χ3v) is 1.38. The van der Waals surface area contributed by atoms with Crippen LogP contribution in [-0.4, -0.2) is 16.8 Å². The standard InChI is InChI=1S/C7H3N3O2.ClH/c11-6-7(12)10-5-4(9-6)2-1-3-8-5;/h1-3H;1H. The molecule has 1 aromatic heterocycles. The zero-order chi connectivity index (χ0) is 8.55. The Kier molecular flexibility index (Phi) is 2.48. The molecule has 0 N–H and O–H groups in total. The zero-order valence-corrected chi connectivity index (χ0v) is 7.11. The quantitative estimate of drug-likeness (QED) is 0.491. The van der Waals surface area contributed by atoms with Gasteiger partial charge in [0.25, 0.3) is 0 Å². The van der Waals surface area contributed by atoms with Crippen molar-refractivity contribution in [2.45, 2.75) is 0 Å². The average molecular weight is 198 g/mol. The first kappa shape index (κ1) is 9.47. The lowest BCUT2D eigenvalue weighted by molar-refractivity contribution is -0.135. The first-order valence-corrected chi connectivity index (χ1v) is 3.24. The van der Waals surface area contributed by atoms with Crippen LogP contribution >= 0.6 is 12.4 Å². The van der Waals surface area contributed by atoms with Crippen LogP contribution in [0.1, 0.15) is 0 Å². The molecule has 6 heteroatoms. The van der Waals surface area contributed by atoms with Crippen molar-refractivity contribution in [1.29, 1.82) is 0 Å². The van der Waals surface area contributed by atoms with Gasteiger partial charge in [0.1, 0.15) is 5.36 Å². The Morgan fingerprint density at radius 3 is 2.54 bits per heavy atom. The number of carbonyl (C=O) groups is 2. The number of aromatic nitrogens is 1. The highest BCUT2D eigenvalue weighted by atomic mass is 35.5. The molecule has 1 aliphatic rings. The summed E-state index contributed by atoms with van der Waals surface area (Å²) in [7, 11) is 0. The molecule has 2 heterocycles. The van der Waals surface area contributed by atoms with Gasteiger partial charge in [0.2, 0.25) is 0 Å². The summed E-state index contributed by atoms with van der Waals surface area (Å²) in [6.45, 7) is 0.